The highest BCUT2D eigenvalue weighted by Gasteiger charge is 2.15. The second kappa shape index (κ2) is 10.5. The molecule has 0 radical (unpaired) electrons. The molecule has 142 valence electrons. The fourth-order valence-corrected chi connectivity index (χ4v) is 2.51. The first-order chi connectivity index (χ1) is 12.6. The maximum absolute atomic E-state index is 11.9. The number of morpholine rings is 1. The van der Waals surface area contributed by atoms with Gasteiger partial charge in [-0.1, -0.05) is 13.0 Å². The zero-order valence-electron chi connectivity index (χ0n) is 15.0. The molecule has 0 unspecified atom stereocenters. The van der Waals surface area contributed by atoms with Crippen LogP contribution in [0.25, 0.3) is 6.08 Å². The standard InChI is InChI=1S/C18H25N3O5/c1-2-11-26-17-5-3-15(14-16(17)21(23)24)4-6-18(22)19-7-8-20-9-12-25-13-10-20/h3-6,14H,2,7-13H2,1H3,(H,19,22)/b6-4+. The summed E-state index contributed by atoms with van der Waals surface area (Å²) in [5.74, 6) is 0.0104. The van der Waals surface area contributed by atoms with Gasteiger partial charge < -0.3 is 14.8 Å². The maximum Gasteiger partial charge on any atom is 0.311 e. The summed E-state index contributed by atoms with van der Waals surface area (Å²) in [6.07, 6.45) is 3.70. The van der Waals surface area contributed by atoms with Gasteiger partial charge in [0.05, 0.1) is 24.7 Å². The highest BCUT2D eigenvalue weighted by atomic mass is 16.6. The number of hydrogen-bond acceptors (Lipinski definition) is 6. The van der Waals surface area contributed by atoms with Gasteiger partial charge in [-0.2, -0.15) is 0 Å². The number of hydrogen-bond donors (Lipinski definition) is 1. The highest BCUT2D eigenvalue weighted by Crippen LogP contribution is 2.28. The smallest absolute Gasteiger partial charge is 0.311 e. The summed E-state index contributed by atoms with van der Waals surface area (Å²) in [5.41, 5.74) is 0.470. The van der Waals surface area contributed by atoms with Gasteiger partial charge in [0.15, 0.2) is 5.75 Å². The predicted molar refractivity (Wildman–Crippen MR) is 98.2 cm³/mol. The van der Waals surface area contributed by atoms with Crippen LogP contribution in [0.3, 0.4) is 0 Å². The van der Waals surface area contributed by atoms with Crippen LogP contribution in [-0.4, -0.2) is 61.7 Å². The molecular formula is C18H25N3O5. The molecule has 0 saturated carbocycles. The number of carbonyl (C=O) groups is 1. The summed E-state index contributed by atoms with van der Waals surface area (Å²) >= 11 is 0. The van der Waals surface area contributed by atoms with Gasteiger partial charge in [0.25, 0.3) is 0 Å². The molecule has 0 bridgehead atoms. The number of amides is 1. The SMILES string of the molecule is CCCOc1ccc(/C=C/C(=O)NCCN2CCOCC2)cc1[N+](=O)[O-]. The highest BCUT2D eigenvalue weighted by molar-refractivity contribution is 5.91. The molecule has 1 aromatic rings. The van der Waals surface area contributed by atoms with Crippen molar-refractivity contribution in [2.24, 2.45) is 0 Å². The molecule has 8 nitrogen and oxygen atoms in total. The van der Waals surface area contributed by atoms with Crippen LogP contribution in [0, 0.1) is 10.1 Å². The van der Waals surface area contributed by atoms with Crippen molar-refractivity contribution in [1.29, 1.82) is 0 Å². The molecule has 1 fully saturated rings. The summed E-state index contributed by atoms with van der Waals surface area (Å²) in [7, 11) is 0. The van der Waals surface area contributed by atoms with Crippen LogP contribution < -0.4 is 10.1 Å². The minimum atomic E-state index is -0.481. The summed E-state index contributed by atoms with van der Waals surface area (Å²) in [6, 6.07) is 4.65. The van der Waals surface area contributed by atoms with E-state index in [4.69, 9.17) is 9.47 Å². The van der Waals surface area contributed by atoms with Crippen LogP contribution in [0.15, 0.2) is 24.3 Å². The van der Waals surface area contributed by atoms with E-state index in [1.165, 1.54) is 12.1 Å². The van der Waals surface area contributed by atoms with E-state index in [0.717, 1.165) is 39.3 Å². The number of nitrogens with one attached hydrogen (secondary N) is 1. The van der Waals surface area contributed by atoms with E-state index < -0.39 is 4.92 Å². The topological polar surface area (TPSA) is 93.9 Å². The molecule has 8 heteroatoms. The van der Waals surface area contributed by atoms with Crippen LogP contribution in [0.5, 0.6) is 5.75 Å². The van der Waals surface area contributed by atoms with Crippen molar-refractivity contribution in [3.05, 3.63) is 40.0 Å². The molecule has 0 aromatic heterocycles. The van der Waals surface area contributed by atoms with Crippen molar-refractivity contribution in [2.75, 3.05) is 46.0 Å². The molecule has 1 amide bonds. The maximum atomic E-state index is 11.9. The lowest BCUT2D eigenvalue weighted by molar-refractivity contribution is -0.385. The van der Waals surface area contributed by atoms with Crippen molar-refractivity contribution < 1.29 is 19.2 Å². The molecular weight excluding hydrogens is 338 g/mol. The Morgan fingerprint density at radius 2 is 2.19 bits per heavy atom. The van der Waals surface area contributed by atoms with E-state index in [2.05, 4.69) is 10.2 Å². The van der Waals surface area contributed by atoms with E-state index >= 15 is 0 Å². The Hall–Kier alpha value is -2.45. The van der Waals surface area contributed by atoms with Gasteiger partial charge in [-0.25, -0.2) is 0 Å². The van der Waals surface area contributed by atoms with E-state index in [1.807, 2.05) is 6.92 Å². The molecule has 1 saturated heterocycles. The second-order valence-corrected chi connectivity index (χ2v) is 5.91. The Morgan fingerprint density at radius 3 is 2.88 bits per heavy atom. The predicted octanol–water partition coefficient (Wildman–Crippen LogP) is 1.85. The van der Waals surface area contributed by atoms with E-state index in [0.29, 0.717) is 18.7 Å². The van der Waals surface area contributed by atoms with Gasteiger partial charge >= 0.3 is 5.69 Å². The van der Waals surface area contributed by atoms with Crippen molar-refractivity contribution in [2.45, 2.75) is 13.3 Å². The summed E-state index contributed by atoms with van der Waals surface area (Å²) < 4.78 is 10.7. The van der Waals surface area contributed by atoms with Crippen LogP contribution >= 0.6 is 0 Å². The van der Waals surface area contributed by atoms with E-state index in [1.54, 1.807) is 18.2 Å². The van der Waals surface area contributed by atoms with Gasteiger partial charge in [0.2, 0.25) is 5.91 Å². The van der Waals surface area contributed by atoms with Crippen LogP contribution in [0.2, 0.25) is 0 Å². The summed E-state index contributed by atoms with van der Waals surface area (Å²) in [4.78, 5) is 24.8. The van der Waals surface area contributed by atoms with E-state index in [9.17, 15) is 14.9 Å². The molecule has 26 heavy (non-hydrogen) atoms. The summed E-state index contributed by atoms with van der Waals surface area (Å²) in [6.45, 7) is 6.88. The van der Waals surface area contributed by atoms with Crippen molar-refractivity contribution in [3.8, 4) is 5.75 Å². The van der Waals surface area contributed by atoms with Crippen LogP contribution in [-0.2, 0) is 9.53 Å². The van der Waals surface area contributed by atoms with Crippen LogP contribution in [0.4, 0.5) is 5.69 Å². The molecule has 1 aliphatic rings. The van der Waals surface area contributed by atoms with Crippen molar-refractivity contribution in [3.63, 3.8) is 0 Å². The third-order valence-electron chi connectivity index (χ3n) is 3.90. The zero-order valence-corrected chi connectivity index (χ0v) is 15.0. The number of nitro groups is 1. The third-order valence-corrected chi connectivity index (χ3v) is 3.90. The lowest BCUT2D eigenvalue weighted by Crippen LogP contribution is -2.41. The average molecular weight is 363 g/mol. The van der Waals surface area contributed by atoms with E-state index in [-0.39, 0.29) is 17.3 Å². The molecule has 1 heterocycles. The first-order valence-electron chi connectivity index (χ1n) is 8.77. The lowest BCUT2D eigenvalue weighted by atomic mass is 10.1. The molecule has 1 N–H and O–H groups in total. The Morgan fingerprint density at radius 1 is 1.42 bits per heavy atom. The second-order valence-electron chi connectivity index (χ2n) is 5.91. The molecule has 0 spiro atoms. The monoisotopic (exact) mass is 363 g/mol. The molecule has 0 aliphatic carbocycles. The summed E-state index contributed by atoms with van der Waals surface area (Å²) in [5, 5.41) is 14.0. The Bertz CT molecular complexity index is 642. The number of nitrogens with zero attached hydrogens (tertiary/aromatic N) is 2. The average Bonchev–Trinajstić information content (AvgIpc) is 2.65. The molecule has 2 rings (SSSR count). The van der Waals surface area contributed by atoms with Gasteiger partial charge in [-0.15, -0.1) is 0 Å². The first kappa shape index (κ1) is 19.9. The van der Waals surface area contributed by atoms with Gasteiger partial charge in [0, 0.05) is 38.3 Å². The number of benzene rings is 1. The fourth-order valence-electron chi connectivity index (χ4n) is 2.51. The third kappa shape index (κ3) is 6.45. The van der Waals surface area contributed by atoms with Crippen LogP contribution in [0.1, 0.15) is 18.9 Å². The largest absolute Gasteiger partial charge is 0.487 e. The number of nitro benzene ring substituents is 1. The fraction of sp³-hybridized carbons (Fsp3) is 0.500. The van der Waals surface area contributed by atoms with Crippen molar-refractivity contribution in [1.82, 2.24) is 10.2 Å². The molecule has 0 atom stereocenters. The molecule has 1 aromatic carbocycles. The lowest BCUT2D eigenvalue weighted by Gasteiger charge is -2.26. The van der Waals surface area contributed by atoms with Gasteiger partial charge in [0.1, 0.15) is 0 Å². The Kier molecular flexibility index (Phi) is 8.04. The minimum absolute atomic E-state index is 0.103. The first-order valence-corrected chi connectivity index (χ1v) is 8.77. The quantitative estimate of drug-likeness (QED) is 0.409. The zero-order chi connectivity index (χ0) is 18.8. The van der Waals surface area contributed by atoms with Crippen molar-refractivity contribution >= 4 is 17.7 Å². The number of ether oxygens (including phenoxy) is 2. The minimum Gasteiger partial charge on any atom is -0.487 e. The molecule has 1 aliphatic heterocycles. The number of carbonyl (C=O) groups excluding carboxylic acids is 1. The normalized spacial score (nSPS) is 15.1. The Labute approximate surface area is 152 Å². The Balaban J connectivity index is 1.86. The van der Waals surface area contributed by atoms with Gasteiger partial charge in [-0.3, -0.25) is 19.8 Å². The van der Waals surface area contributed by atoms with Gasteiger partial charge in [-0.05, 0) is 24.1 Å². The number of rotatable bonds is 9.